The largest absolute Gasteiger partial charge is 0.334 e. The zero-order valence-corrected chi connectivity index (χ0v) is 10.9. The number of halogens is 2. The van der Waals surface area contributed by atoms with Gasteiger partial charge in [-0.15, -0.1) is 0 Å². The van der Waals surface area contributed by atoms with Crippen LogP contribution < -0.4 is 5.32 Å². The fraction of sp³-hybridized carbons (Fsp3) is 0.429. The minimum absolute atomic E-state index is 0.0984. The van der Waals surface area contributed by atoms with Crippen molar-refractivity contribution in [1.82, 2.24) is 15.5 Å². The summed E-state index contributed by atoms with van der Waals surface area (Å²) in [6, 6.07) is 3.29. The van der Waals surface area contributed by atoms with Crippen LogP contribution in [0.4, 0.5) is 8.78 Å². The van der Waals surface area contributed by atoms with Crippen LogP contribution in [0, 0.1) is 17.6 Å². The molecule has 1 fully saturated rings. The molecule has 1 aromatic heterocycles. The molecular weight excluding hydrogens is 264 g/mol. The van der Waals surface area contributed by atoms with Gasteiger partial charge in [-0.3, -0.25) is 0 Å². The quantitative estimate of drug-likeness (QED) is 0.938. The number of nitrogens with one attached hydrogen (secondary N) is 1. The first-order valence-electron chi connectivity index (χ1n) is 6.71. The van der Waals surface area contributed by atoms with E-state index in [-0.39, 0.29) is 11.5 Å². The van der Waals surface area contributed by atoms with Crippen LogP contribution in [0.1, 0.15) is 18.7 Å². The van der Waals surface area contributed by atoms with Gasteiger partial charge in [0.1, 0.15) is 11.6 Å². The van der Waals surface area contributed by atoms with E-state index < -0.39 is 11.6 Å². The highest BCUT2D eigenvalue weighted by Gasteiger charge is 2.18. The van der Waals surface area contributed by atoms with E-state index in [9.17, 15) is 8.78 Å². The molecule has 3 rings (SSSR count). The van der Waals surface area contributed by atoms with Gasteiger partial charge in [-0.25, -0.2) is 8.78 Å². The summed E-state index contributed by atoms with van der Waals surface area (Å²) in [5, 5.41) is 7.20. The predicted molar refractivity (Wildman–Crippen MR) is 68.9 cm³/mol. The third-order valence-corrected chi connectivity index (χ3v) is 3.50. The Bertz CT molecular complexity index is 594. The highest BCUT2D eigenvalue weighted by atomic mass is 19.1. The van der Waals surface area contributed by atoms with Gasteiger partial charge in [0.15, 0.2) is 5.82 Å². The van der Waals surface area contributed by atoms with Crippen molar-refractivity contribution in [3.8, 4) is 11.5 Å². The van der Waals surface area contributed by atoms with Crippen LogP contribution in [-0.2, 0) is 6.42 Å². The molecule has 20 heavy (non-hydrogen) atoms. The fourth-order valence-electron chi connectivity index (χ4n) is 2.47. The second-order valence-electron chi connectivity index (χ2n) is 5.06. The molecule has 0 amide bonds. The Labute approximate surface area is 115 Å². The lowest BCUT2D eigenvalue weighted by Crippen LogP contribution is -2.31. The summed E-state index contributed by atoms with van der Waals surface area (Å²) in [6.45, 7) is 1.99. The zero-order chi connectivity index (χ0) is 13.9. The van der Waals surface area contributed by atoms with Crippen molar-refractivity contribution in [2.24, 2.45) is 5.92 Å². The Morgan fingerprint density at radius 1 is 1.35 bits per heavy atom. The molecular formula is C14H15F2N3O. The lowest BCUT2D eigenvalue weighted by atomic mass is 9.96. The van der Waals surface area contributed by atoms with Gasteiger partial charge in [-0.05, 0) is 44.0 Å². The molecule has 0 aliphatic carbocycles. The molecule has 1 unspecified atom stereocenters. The van der Waals surface area contributed by atoms with E-state index in [0.717, 1.165) is 32.0 Å². The van der Waals surface area contributed by atoms with E-state index in [1.807, 2.05) is 0 Å². The fourth-order valence-corrected chi connectivity index (χ4v) is 2.47. The number of piperidine rings is 1. The van der Waals surface area contributed by atoms with Gasteiger partial charge in [-0.2, -0.15) is 4.98 Å². The maximum atomic E-state index is 13.6. The molecule has 4 nitrogen and oxygen atoms in total. The molecule has 6 heteroatoms. The average Bonchev–Trinajstić information content (AvgIpc) is 2.88. The van der Waals surface area contributed by atoms with Gasteiger partial charge in [-0.1, -0.05) is 5.16 Å². The van der Waals surface area contributed by atoms with Crippen LogP contribution in [0.15, 0.2) is 22.7 Å². The Balaban J connectivity index is 1.75. The third-order valence-electron chi connectivity index (χ3n) is 3.50. The molecule has 0 saturated carbocycles. The Morgan fingerprint density at radius 3 is 3.00 bits per heavy atom. The van der Waals surface area contributed by atoms with E-state index in [1.54, 1.807) is 0 Å². The topological polar surface area (TPSA) is 51.0 Å². The summed E-state index contributed by atoms with van der Waals surface area (Å²) in [5.74, 6) is -0.176. The minimum atomic E-state index is -0.695. The monoisotopic (exact) mass is 279 g/mol. The standard InChI is InChI=1S/C14H15F2N3O/c15-10-3-4-11(12(16)7-10)14-18-13(19-20-14)6-9-2-1-5-17-8-9/h3-4,7,9,17H,1-2,5-6,8H2. The van der Waals surface area contributed by atoms with Gasteiger partial charge in [0.25, 0.3) is 5.89 Å². The smallest absolute Gasteiger partial charge is 0.260 e. The van der Waals surface area contributed by atoms with E-state index in [1.165, 1.54) is 12.1 Å². The first-order valence-corrected chi connectivity index (χ1v) is 6.71. The number of hydrogen-bond donors (Lipinski definition) is 1. The SMILES string of the molecule is Fc1ccc(-c2nc(CC3CCCNC3)no2)c(F)c1. The van der Waals surface area contributed by atoms with Crippen molar-refractivity contribution in [1.29, 1.82) is 0 Å². The summed E-state index contributed by atoms with van der Waals surface area (Å²) in [6.07, 6.45) is 2.98. The highest BCUT2D eigenvalue weighted by molar-refractivity contribution is 5.53. The van der Waals surface area contributed by atoms with Crippen molar-refractivity contribution < 1.29 is 13.3 Å². The van der Waals surface area contributed by atoms with E-state index in [0.29, 0.717) is 18.2 Å². The van der Waals surface area contributed by atoms with Crippen molar-refractivity contribution in [2.75, 3.05) is 13.1 Å². The molecule has 1 aliphatic rings. The summed E-state index contributed by atoms with van der Waals surface area (Å²) in [4.78, 5) is 4.20. The van der Waals surface area contributed by atoms with Crippen molar-refractivity contribution in [3.05, 3.63) is 35.7 Å². The first kappa shape index (κ1) is 13.2. The molecule has 1 atom stereocenters. The zero-order valence-electron chi connectivity index (χ0n) is 10.9. The lowest BCUT2D eigenvalue weighted by molar-refractivity contribution is 0.359. The molecule has 0 spiro atoms. The molecule has 0 radical (unpaired) electrons. The van der Waals surface area contributed by atoms with Crippen LogP contribution in [0.2, 0.25) is 0 Å². The molecule has 2 aromatic rings. The Hall–Kier alpha value is -1.82. The molecule has 2 heterocycles. The molecule has 1 aromatic carbocycles. The minimum Gasteiger partial charge on any atom is -0.334 e. The summed E-state index contributed by atoms with van der Waals surface area (Å²) in [7, 11) is 0. The van der Waals surface area contributed by atoms with Gasteiger partial charge < -0.3 is 9.84 Å². The Morgan fingerprint density at radius 2 is 2.25 bits per heavy atom. The maximum Gasteiger partial charge on any atom is 0.260 e. The van der Waals surface area contributed by atoms with Crippen molar-refractivity contribution >= 4 is 0 Å². The predicted octanol–water partition coefficient (Wildman–Crippen LogP) is 2.56. The van der Waals surface area contributed by atoms with Gasteiger partial charge in [0, 0.05) is 12.5 Å². The second kappa shape index (κ2) is 5.66. The molecule has 0 bridgehead atoms. The highest BCUT2D eigenvalue weighted by Crippen LogP contribution is 2.23. The molecule has 1 N–H and O–H groups in total. The van der Waals surface area contributed by atoms with Crippen LogP contribution in [0.25, 0.3) is 11.5 Å². The van der Waals surface area contributed by atoms with Crippen LogP contribution >= 0.6 is 0 Å². The summed E-state index contributed by atoms with van der Waals surface area (Å²) >= 11 is 0. The molecule has 1 saturated heterocycles. The van der Waals surface area contributed by atoms with Gasteiger partial charge >= 0.3 is 0 Å². The van der Waals surface area contributed by atoms with Gasteiger partial charge in [0.2, 0.25) is 0 Å². The first-order chi connectivity index (χ1) is 9.72. The third kappa shape index (κ3) is 2.85. The number of hydrogen-bond acceptors (Lipinski definition) is 4. The van der Waals surface area contributed by atoms with E-state index in [4.69, 9.17) is 4.52 Å². The van der Waals surface area contributed by atoms with Gasteiger partial charge in [0.05, 0.1) is 5.56 Å². The summed E-state index contributed by atoms with van der Waals surface area (Å²) < 4.78 is 31.6. The average molecular weight is 279 g/mol. The molecule has 1 aliphatic heterocycles. The number of benzene rings is 1. The van der Waals surface area contributed by atoms with Crippen molar-refractivity contribution in [2.45, 2.75) is 19.3 Å². The van der Waals surface area contributed by atoms with Crippen LogP contribution in [0.3, 0.4) is 0 Å². The number of nitrogens with zero attached hydrogens (tertiary/aromatic N) is 2. The van der Waals surface area contributed by atoms with E-state index >= 15 is 0 Å². The molecule has 106 valence electrons. The van der Waals surface area contributed by atoms with Crippen molar-refractivity contribution in [3.63, 3.8) is 0 Å². The van der Waals surface area contributed by atoms with Crippen LogP contribution in [-0.4, -0.2) is 23.2 Å². The maximum absolute atomic E-state index is 13.6. The lowest BCUT2D eigenvalue weighted by Gasteiger charge is -2.20. The number of rotatable bonds is 3. The van der Waals surface area contributed by atoms with Crippen LogP contribution in [0.5, 0.6) is 0 Å². The Kier molecular flexibility index (Phi) is 3.73. The summed E-state index contributed by atoms with van der Waals surface area (Å²) in [5.41, 5.74) is 0.131. The second-order valence-corrected chi connectivity index (χ2v) is 5.06. The number of aromatic nitrogens is 2. The van der Waals surface area contributed by atoms with E-state index in [2.05, 4.69) is 15.5 Å². The normalized spacial score (nSPS) is 19.2.